The highest BCUT2D eigenvalue weighted by atomic mass is 35.5. The quantitative estimate of drug-likeness (QED) is 0.768. The summed E-state index contributed by atoms with van der Waals surface area (Å²) in [6.45, 7) is 0.255. The van der Waals surface area contributed by atoms with Gasteiger partial charge in [-0.2, -0.15) is 0 Å². The smallest absolute Gasteiger partial charge is 0.274 e. The summed E-state index contributed by atoms with van der Waals surface area (Å²) in [5.74, 6) is 0.421. The first-order chi connectivity index (χ1) is 11.7. The minimum Gasteiger partial charge on any atom is -0.481 e. The summed E-state index contributed by atoms with van der Waals surface area (Å²) in [6, 6.07) is 10.7. The van der Waals surface area contributed by atoms with Crippen LogP contribution in [0.15, 0.2) is 53.4 Å². The van der Waals surface area contributed by atoms with Gasteiger partial charge in [-0.15, -0.1) is 0 Å². The minimum absolute atomic E-state index is 0.172. The Hall–Kier alpha value is -2.86. The fourth-order valence-electron chi connectivity index (χ4n) is 2.25. The molecule has 24 heavy (non-hydrogen) atoms. The van der Waals surface area contributed by atoms with E-state index >= 15 is 0 Å². The van der Waals surface area contributed by atoms with Crippen molar-refractivity contribution in [3.05, 3.63) is 65.3 Å². The van der Waals surface area contributed by atoms with Crippen LogP contribution in [0.25, 0.3) is 11.3 Å². The Kier molecular flexibility index (Phi) is 4.77. The van der Waals surface area contributed by atoms with Crippen molar-refractivity contribution in [3.63, 3.8) is 0 Å². The van der Waals surface area contributed by atoms with E-state index in [9.17, 15) is 4.79 Å². The summed E-state index contributed by atoms with van der Waals surface area (Å²) in [4.78, 5) is 20.5. The van der Waals surface area contributed by atoms with Gasteiger partial charge in [-0.25, -0.2) is 9.97 Å². The van der Waals surface area contributed by atoms with Gasteiger partial charge in [-0.1, -0.05) is 29.8 Å². The Labute approximate surface area is 143 Å². The number of ether oxygens (including phenoxy) is 1. The first-order valence-electron chi connectivity index (χ1n) is 7.15. The molecule has 1 amide bonds. The first-order valence-corrected chi connectivity index (χ1v) is 7.53. The minimum atomic E-state index is -0.371. The lowest BCUT2D eigenvalue weighted by molar-refractivity contribution is 0.0946. The number of oxazole rings is 1. The summed E-state index contributed by atoms with van der Waals surface area (Å²) in [6.07, 6.45) is 2.84. The van der Waals surface area contributed by atoms with Crippen LogP contribution in [0.4, 0.5) is 0 Å². The van der Waals surface area contributed by atoms with Crippen molar-refractivity contribution >= 4 is 17.5 Å². The molecule has 3 rings (SSSR count). The average molecular weight is 344 g/mol. The molecule has 0 aliphatic rings. The molecular weight excluding hydrogens is 330 g/mol. The molecule has 3 aromatic rings. The van der Waals surface area contributed by atoms with Crippen LogP contribution in [0.2, 0.25) is 5.02 Å². The lowest BCUT2D eigenvalue weighted by Crippen LogP contribution is -2.24. The average Bonchev–Trinajstić information content (AvgIpc) is 3.10. The SMILES string of the molecule is COc1ncccc1CNC(=O)c1ncoc1-c1ccccc1Cl. The third-order valence-corrected chi connectivity index (χ3v) is 3.71. The van der Waals surface area contributed by atoms with E-state index in [4.69, 9.17) is 20.8 Å². The first kappa shape index (κ1) is 16.0. The van der Waals surface area contributed by atoms with E-state index in [0.717, 1.165) is 5.56 Å². The Morgan fingerprint density at radius 1 is 1.25 bits per heavy atom. The fourth-order valence-corrected chi connectivity index (χ4v) is 2.47. The van der Waals surface area contributed by atoms with Gasteiger partial charge in [0.25, 0.3) is 5.91 Å². The maximum atomic E-state index is 12.4. The number of nitrogens with zero attached hydrogens (tertiary/aromatic N) is 2. The monoisotopic (exact) mass is 343 g/mol. The standard InChI is InChI=1S/C17H14ClN3O3/c1-23-17-11(5-4-8-19-17)9-20-16(22)14-15(24-10-21-14)12-6-2-3-7-13(12)18/h2-8,10H,9H2,1H3,(H,20,22). The summed E-state index contributed by atoms with van der Waals surface area (Å²) in [7, 11) is 1.53. The van der Waals surface area contributed by atoms with Crippen LogP contribution >= 0.6 is 11.6 Å². The number of rotatable bonds is 5. The molecule has 2 aromatic heterocycles. The Morgan fingerprint density at radius 2 is 2.08 bits per heavy atom. The molecule has 1 N–H and O–H groups in total. The Balaban J connectivity index is 1.80. The highest BCUT2D eigenvalue weighted by Crippen LogP contribution is 2.29. The van der Waals surface area contributed by atoms with Gasteiger partial charge in [-0.05, 0) is 18.2 Å². The largest absolute Gasteiger partial charge is 0.481 e. The highest BCUT2D eigenvalue weighted by molar-refractivity contribution is 6.33. The zero-order valence-corrected chi connectivity index (χ0v) is 13.6. The number of carbonyl (C=O) groups is 1. The third kappa shape index (κ3) is 3.23. The number of hydrogen-bond acceptors (Lipinski definition) is 5. The molecule has 6 nitrogen and oxygen atoms in total. The molecule has 0 bridgehead atoms. The van der Waals surface area contributed by atoms with E-state index in [-0.39, 0.29) is 18.1 Å². The molecule has 0 fully saturated rings. The van der Waals surface area contributed by atoms with Crippen LogP contribution < -0.4 is 10.1 Å². The van der Waals surface area contributed by atoms with Crippen LogP contribution in [0.1, 0.15) is 16.1 Å². The lowest BCUT2D eigenvalue weighted by Gasteiger charge is -2.08. The number of pyridine rings is 1. The van der Waals surface area contributed by atoms with Gasteiger partial charge in [0, 0.05) is 23.9 Å². The number of amides is 1. The van der Waals surface area contributed by atoms with Crippen molar-refractivity contribution < 1.29 is 13.9 Å². The van der Waals surface area contributed by atoms with E-state index in [1.54, 1.807) is 30.5 Å². The number of aromatic nitrogens is 2. The zero-order valence-electron chi connectivity index (χ0n) is 12.8. The van der Waals surface area contributed by atoms with Gasteiger partial charge >= 0.3 is 0 Å². The van der Waals surface area contributed by atoms with E-state index < -0.39 is 0 Å². The number of halogens is 1. The summed E-state index contributed by atoms with van der Waals surface area (Å²) in [5.41, 5.74) is 1.54. The number of benzene rings is 1. The van der Waals surface area contributed by atoms with Crippen molar-refractivity contribution in [1.29, 1.82) is 0 Å². The van der Waals surface area contributed by atoms with Crippen molar-refractivity contribution in [2.24, 2.45) is 0 Å². The molecule has 122 valence electrons. The van der Waals surface area contributed by atoms with E-state index in [2.05, 4.69) is 15.3 Å². The summed E-state index contributed by atoms with van der Waals surface area (Å²) < 4.78 is 10.5. The van der Waals surface area contributed by atoms with Crippen LogP contribution in [0, 0.1) is 0 Å². The Bertz CT molecular complexity index is 864. The molecule has 0 spiro atoms. The normalized spacial score (nSPS) is 10.4. The molecule has 2 heterocycles. The molecule has 1 aromatic carbocycles. The number of methoxy groups -OCH3 is 1. The van der Waals surface area contributed by atoms with Gasteiger partial charge in [0.1, 0.15) is 0 Å². The van der Waals surface area contributed by atoms with E-state index in [1.165, 1.54) is 13.5 Å². The summed E-state index contributed by atoms with van der Waals surface area (Å²) >= 11 is 6.16. The molecule has 0 aliphatic carbocycles. The highest BCUT2D eigenvalue weighted by Gasteiger charge is 2.20. The van der Waals surface area contributed by atoms with Gasteiger partial charge in [0.2, 0.25) is 5.88 Å². The molecule has 0 atom stereocenters. The Morgan fingerprint density at radius 3 is 2.88 bits per heavy atom. The summed E-state index contributed by atoms with van der Waals surface area (Å²) in [5, 5.41) is 3.26. The third-order valence-electron chi connectivity index (χ3n) is 3.38. The maximum Gasteiger partial charge on any atom is 0.274 e. The van der Waals surface area contributed by atoms with Crippen molar-refractivity contribution in [3.8, 4) is 17.2 Å². The number of nitrogens with one attached hydrogen (secondary N) is 1. The zero-order chi connectivity index (χ0) is 16.9. The van der Waals surface area contributed by atoms with Crippen LogP contribution in [0.5, 0.6) is 5.88 Å². The van der Waals surface area contributed by atoms with E-state index in [1.807, 2.05) is 12.1 Å². The van der Waals surface area contributed by atoms with Crippen molar-refractivity contribution in [2.45, 2.75) is 6.54 Å². The topological polar surface area (TPSA) is 77.2 Å². The molecular formula is C17H14ClN3O3. The predicted octanol–water partition coefficient (Wildman–Crippen LogP) is 3.33. The van der Waals surface area contributed by atoms with Crippen LogP contribution in [0.3, 0.4) is 0 Å². The maximum absolute atomic E-state index is 12.4. The molecule has 0 radical (unpaired) electrons. The van der Waals surface area contributed by atoms with Crippen molar-refractivity contribution in [2.75, 3.05) is 7.11 Å². The van der Waals surface area contributed by atoms with Gasteiger partial charge in [0.05, 0.1) is 12.1 Å². The molecule has 0 aliphatic heterocycles. The van der Waals surface area contributed by atoms with Crippen LogP contribution in [-0.4, -0.2) is 23.0 Å². The molecule has 0 saturated heterocycles. The number of carbonyl (C=O) groups excluding carboxylic acids is 1. The van der Waals surface area contributed by atoms with Gasteiger partial charge in [-0.3, -0.25) is 4.79 Å². The fraction of sp³-hybridized carbons (Fsp3) is 0.118. The van der Waals surface area contributed by atoms with Gasteiger partial charge in [0.15, 0.2) is 17.8 Å². The van der Waals surface area contributed by atoms with Crippen molar-refractivity contribution in [1.82, 2.24) is 15.3 Å². The molecule has 0 unspecified atom stereocenters. The second kappa shape index (κ2) is 7.14. The lowest BCUT2D eigenvalue weighted by atomic mass is 10.1. The second-order valence-corrected chi connectivity index (χ2v) is 5.27. The molecule has 7 heteroatoms. The number of hydrogen-bond donors (Lipinski definition) is 1. The second-order valence-electron chi connectivity index (χ2n) is 4.86. The van der Waals surface area contributed by atoms with Crippen LogP contribution in [-0.2, 0) is 6.54 Å². The molecule has 0 saturated carbocycles. The van der Waals surface area contributed by atoms with Gasteiger partial charge < -0.3 is 14.5 Å². The predicted molar refractivity (Wildman–Crippen MR) is 88.9 cm³/mol. The van der Waals surface area contributed by atoms with E-state index in [0.29, 0.717) is 22.2 Å².